The maximum atomic E-state index is 13.1. The number of pyridine rings is 1. The number of aromatic nitrogens is 1. The van der Waals surface area contributed by atoms with E-state index in [4.69, 9.17) is 0 Å². The summed E-state index contributed by atoms with van der Waals surface area (Å²) in [5.74, 6) is 0.147. The Labute approximate surface area is 180 Å². The normalized spacial score (nSPS) is 20.0. The van der Waals surface area contributed by atoms with Crippen LogP contribution in [0.1, 0.15) is 33.6 Å². The molecule has 0 radical (unpaired) electrons. The van der Waals surface area contributed by atoms with Gasteiger partial charge in [-0.25, -0.2) is 0 Å². The number of amides is 2. The maximum absolute atomic E-state index is 13.1. The second-order valence-corrected chi connectivity index (χ2v) is 9.00. The van der Waals surface area contributed by atoms with Gasteiger partial charge >= 0.3 is 0 Å². The molecule has 1 fully saturated rings. The standard InChI is InChI=1S/C24H23N3O2S/c1-17-5-2-3-6-18(17)13-21(28)26-11-9-24(15-26)16-27(20-7-4-10-25-22(20)24)23(29)19-8-12-30-14-19/h2-8,10,12,14H,9,11,13,15-16H2,1H3/t24-/m0/s1. The largest absolute Gasteiger partial charge is 0.341 e. The molecule has 2 aliphatic heterocycles. The zero-order valence-corrected chi connectivity index (χ0v) is 17.7. The summed E-state index contributed by atoms with van der Waals surface area (Å²) in [4.78, 5) is 34.6. The molecule has 5 nitrogen and oxygen atoms in total. The van der Waals surface area contributed by atoms with Crippen LogP contribution in [0, 0.1) is 6.92 Å². The molecule has 30 heavy (non-hydrogen) atoms. The van der Waals surface area contributed by atoms with Crippen LogP contribution in [-0.2, 0) is 16.6 Å². The van der Waals surface area contributed by atoms with E-state index < -0.39 is 0 Å². The lowest BCUT2D eigenvalue weighted by Crippen LogP contribution is -2.40. The summed E-state index contributed by atoms with van der Waals surface area (Å²) in [6, 6.07) is 13.7. The van der Waals surface area contributed by atoms with Crippen molar-refractivity contribution in [3.8, 4) is 0 Å². The molecule has 4 heterocycles. The molecule has 2 aromatic heterocycles. The molecule has 5 rings (SSSR count). The average molecular weight is 418 g/mol. The van der Waals surface area contributed by atoms with Crippen LogP contribution in [0.3, 0.4) is 0 Å². The van der Waals surface area contributed by atoms with Crippen LogP contribution in [0.25, 0.3) is 0 Å². The van der Waals surface area contributed by atoms with Gasteiger partial charge in [0.25, 0.3) is 5.91 Å². The van der Waals surface area contributed by atoms with Gasteiger partial charge in [0, 0.05) is 31.2 Å². The van der Waals surface area contributed by atoms with Gasteiger partial charge in [0.05, 0.1) is 28.8 Å². The number of benzene rings is 1. The molecule has 2 amide bonds. The van der Waals surface area contributed by atoms with Crippen LogP contribution in [0.4, 0.5) is 5.69 Å². The van der Waals surface area contributed by atoms with Crippen LogP contribution in [0.5, 0.6) is 0 Å². The lowest BCUT2D eigenvalue weighted by molar-refractivity contribution is -0.129. The fourth-order valence-corrected chi connectivity index (χ4v) is 5.33. The summed E-state index contributed by atoms with van der Waals surface area (Å²) in [5.41, 5.74) is 4.45. The topological polar surface area (TPSA) is 53.5 Å². The van der Waals surface area contributed by atoms with Crippen LogP contribution in [0.2, 0.25) is 0 Å². The van der Waals surface area contributed by atoms with Crippen molar-refractivity contribution >= 4 is 28.8 Å². The highest BCUT2D eigenvalue weighted by atomic mass is 32.1. The first kappa shape index (κ1) is 19.0. The predicted octanol–water partition coefficient (Wildman–Crippen LogP) is 3.82. The first-order valence-corrected chi connectivity index (χ1v) is 11.1. The number of hydrogen-bond donors (Lipinski definition) is 0. The van der Waals surface area contributed by atoms with E-state index in [1.165, 1.54) is 11.3 Å². The van der Waals surface area contributed by atoms with E-state index in [1.54, 1.807) is 6.20 Å². The van der Waals surface area contributed by atoms with Gasteiger partial charge in [0.1, 0.15) is 0 Å². The van der Waals surface area contributed by atoms with Gasteiger partial charge in [-0.15, -0.1) is 0 Å². The van der Waals surface area contributed by atoms with Crippen LogP contribution in [0.15, 0.2) is 59.4 Å². The van der Waals surface area contributed by atoms with E-state index in [2.05, 4.69) is 4.98 Å². The molecule has 1 saturated heterocycles. The minimum atomic E-state index is -0.288. The van der Waals surface area contributed by atoms with Crippen molar-refractivity contribution in [3.63, 3.8) is 0 Å². The second-order valence-electron chi connectivity index (χ2n) is 8.22. The number of carbonyl (C=O) groups excluding carboxylic acids is 2. The Kier molecular flexibility index (Phi) is 4.66. The number of fused-ring (bicyclic) bond motifs is 2. The van der Waals surface area contributed by atoms with Crippen molar-refractivity contribution in [2.75, 3.05) is 24.5 Å². The summed E-state index contributed by atoms with van der Waals surface area (Å²) >= 11 is 1.52. The Hall–Kier alpha value is -2.99. The van der Waals surface area contributed by atoms with Crippen molar-refractivity contribution in [3.05, 3.63) is 81.8 Å². The number of thiophene rings is 1. The fraction of sp³-hybridized carbons (Fsp3) is 0.292. The molecule has 1 atom stereocenters. The number of likely N-dealkylation sites (tertiary alicyclic amines) is 1. The van der Waals surface area contributed by atoms with Crippen molar-refractivity contribution < 1.29 is 9.59 Å². The molecule has 0 bridgehead atoms. The van der Waals surface area contributed by atoms with E-state index in [9.17, 15) is 9.59 Å². The lowest BCUT2D eigenvalue weighted by atomic mass is 9.85. The van der Waals surface area contributed by atoms with Gasteiger partial charge in [0.2, 0.25) is 5.91 Å². The first-order chi connectivity index (χ1) is 14.6. The van der Waals surface area contributed by atoms with Gasteiger partial charge in [0.15, 0.2) is 0 Å². The van der Waals surface area contributed by atoms with Crippen LogP contribution < -0.4 is 4.90 Å². The highest BCUT2D eigenvalue weighted by Crippen LogP contribution is 2.45. The summed E-state index contributed by atoms with van der Waals surface area (Å²) in [5, 5.41) is 3.81. The third-order valence-corrected chi connectivity index (χ3v) is 7.05. The van der Waals surface area contributed by atoms with Crippen LogP contribution >= 0.6 is 11.3 Å². The van der Waals surface area contributed by atoms with E-state index in [0.29, 0.717) is 31.6 Å². The number of nitrogens with zero attached hydrogens (tertiary/aromatic N) is 3. The highest BCUT2D eigenvalue weighted by Gasteiger charge is 2.50. The van der Waals surface area contributed by atoms with E-state index >= 15 is 0 Å². The fourth-order valence-electron chi connectivity index (χ4n) is 4.70. The van der Waals surface area contributed by atoms with E-state index in [-0.39, 0.29) is 17.2 Å². The van der Waals surface area contributed by atoms with Crippen molar-refractivity contribution in [2.24, 2.45) is 0 Å². The molecule has 0 unspecified atom stereocenters. The van der Waals surface area contributed by atoms with Crippen LogP contribution in [-0.4, -0.2) is 41.3 Å². The Bertz CT molecular complexity index is 1110. The highest BCUT2D eigenvalue weighted by molar-refractivity contribution is 7.08. The summed E-state index contributed by atoms with van der Waals surface area (Å²) < 4.78 is 0. The smallest absolute Gasteiger partial charge is 0.259 e. The van der Waals surface area contributed by atoms with Gasteiger partial charge in [-0.1, -0.05) is 24.3 Å². The van der Waals surface area contributed by atoms with Crippen molar-refractivity contribution in [1.29, 1.82) is 0 Å². The molecule has 0 N–H and O–H groups in total. The Morgan fingerprint density at radius 3 is 2.80 bits per heavy atom. The third-order valence-electron chi connectivity index (χ3n) is 6.36. The SMILES string of the molecule is Cc1ccccc1CC(=O)N1CC[C@]2(C1)CN(C(=O)c1ccsc1)c1cccnc12. The summed E-state index contributed by atoms with van der Waals surface area (Å²) in [6.45, 7) is 3.91. The average Bonchev–Trinajstić information content (AvgIpc) is 3.50. The number of hydrogen-bond acceptors (Lipinski definition) is 4. The minimum absolute atomic E-state index is 0.00654. The van der Waals surface area contributed by atoms with E-state index in [1.807, 2.05) is 69.9 Å². The van der Waals surface area contributed by atoms with Crippen molar-refractivity contribution in [2.45, 2.75) is 25.2 Å². The monoisotopic (exact) mass is 417 g/mol. The predicted molar refractivity (Wildman–Crippen MR) is 118 cm³/mol. The lowest BCUT2D eigenvalue weighted by Gasteiger charge is -2.25. The molecule has 152 valence electrons. The summed E-state index contributed by atoms with van der Waals surface area (Å²) in [7, 11) is 0. The Morgan fingerprint density at radius 2 is 2.00 bits per heavy atom. The third kappa shape index (κ3) is 3.12. The summed E-state index contributed by atoms with van der Waals surface area (Å²) in [6.07, 6.45) is 3.02. The first-order valence-electron chi connectivity index (χ1n) is 10.2. The molecule has 1 aromatic carbocycles. The molecule has 2 aliphatic rings. The zero-order chi connectivity index (χ0) is 20.7. The zero-order valence-electron chi connectivity index (χ0n) is 16.9. The van der Waals surface area contributed by atoms with Crippen molar-refractivity contribution in [1.82, 2.24) is 9.88 Å². The molecule has 0 aliphatic carbocycles. The molecular weight excluding hydrogens is 394 g/mol. The molecule has 0 saturated carbocycles. The number of carbonyl (C=O) groups is 2. The number of rotatable bonds is 3. The molecule has 6 heteroatoms. The Morgan fingerprint density at radius 1 is 1.13 bits per heavy atom. The van der Waals surface area contributed by atoms with Gasteiger partial charge in [-0.3, -0.25) is 14.6 Å². The molecule has 1 spiro atoms. The van der Waals surface area contributed by atoms with E-state index in [0.717, 1.165) is 28.9 Å². The second kappa shape index (κ2) is 7.36. The quantitative estimate of drug-likeness (QED) is 0.651. The molecular formula is C24H23N3O2S. The van der Waals surface area contributed by atoms with Gasteiger partial charge in [-0.2, -0.15) is 11.3 Å². The minimum Gasteiger partial charge on any atom is -0.341 e. The molecule has 3 aromatic rings. The Balaban J connectivity index is 1.39. The number of anilines is 1. The van der Waals surface area contributed by atoms with Gasteiger partial charge < -0.3 is 9.80 Å². The van der Waals surface area contributed by atoms with Gasteiger partial charge in [-0.05, 0) is 48.1 Å². The maximum Gasteiger partial charge on any atom is 0.259 e. The number of aryl methyl sites for hydroxylation is 1.